The molecule has 290 valence electrons. The third-order valence-corrected chi connectivity index (χ3v) is 9.47. The van der Waals surface area contributed by atoms with E-state index < -0.39 is 6.10 Å². The van der Waals surface area contributed by atoms with Crippen LogP contribution in [0, 0.1) is 11.8 Å². The van der Waals surface area contributed by atoms with Crippen molar-refractivity contribution in [3.63, 3.8) is 0 Å². The van der Waals surface area contributed by atoms with E-state index in [-0.39, 0.29) is 31.1 Å². The van der Waals surface area contributed by atoms with Gasteiger partial charge in [-0.05, 0) is 31.1 Å². The maximum atomic E-state index is 12.6. The highest BCUT2D eigenvalue weighted by Gasteiger charge is 2.19. The summed E-state index contributed by atoms with van der Waals surface area (Å²) in [4.78, 5) is 37.5. The number of hydrogen-bond acceptors (Lipinski definition) is 6. The SMILES string of the molecule is CCCCCCCCCCCCCCC(=O)OC[C@@H](COC(=O)CCCCCCCCC(C)C)OC(=O)CCCCCCCCCC(C)C. The second kappa shape index (κ2) is 36.2. The molecule has 0 aliphatic heterocycles. The number of unbranched alkanes of at least 4 members (excludes halogenated alkanes) is 22. The van der Waals surface area contributed by atoms with Crippen molar-refractivity contribution in [2.24, 2.45) is 11.8 Å². The maximum Gasteiger partial charge on any atom is 0.306 e. The number of carbonyl (C=O) groups is 3. The third kappa shape index (κ3) is 37.5. The highest BCUT2D eigenvalue weighted by atomic mass is 16.6. The molecule has 0 fully saturated rings. The summed E-state index contributed by atoms with van der Waals surface area (Å²) in [5, 5.41) is 0. The van der Waals surface area contributed by atoms with Gasteiger partial charge in [-0.25, -0.2) is 0 Å². The normalized spacial score (nSPS) is 12.1. The minimum absolute atomic E-state index is 0.0666. The lowest BCUT2D eigenvalue weighted by atomic mass is 10.0. The molecule has 0 spiro atoms. The molecule has 0 aromatic carbocycles. The second-order valence-corrected chi connectivity index (χ2v) is 15.6. The molecule has 6 nitrogen and oxygen atoms in total. The highest BCUT2D eigenvalue weighted by Crippen LogP contribution is 2.16. The van der Waals surface area contributed by atoms with Gasteiger partial charge in [0.15, 0.2) is 6.10 Å². The van der Waals surface area contributed by atoms with Gasteiger partial charge in [-0.1, -0.05) is 189 Å². The van der Waals surface area contributed by atoms with Crippen LogP contribution in [0.25, 0.3) is 0 Å². The lowest BCUT2D eigenvalue weighted by Gasteiger charge is -2.18. The Morgan fingerprint density at radius 3 is 1.00 bits per heavy atom. The lowest BCUT2D eigenvalue weighted by molar-refractivity contribution is -0.167. The van der Waals surface area contributed by atoms with Gasteiger partial charge in [0.2, 0.25) is 0 Å². The minimum Gasteiger partial charge on any atom is -0.462 e. The monoisotopic (exact) mass is 695 g/mol. The van der Waals surface area contributed by atoms with E-state index in [4.69, 9.17) is 14.2 Å². The molecule has 0 rings (SSSR count). The summed E-state index contributed by atoms with van der Waals surface area (Å²) in [5.74, 6) is 0.672. The zero-order chi connectivity index (χ0) is 36.2. The van der Waals surface area contributed by atoms with Gasteiger partial charge in [-0.3, -0.25) is 14.4 Å². The molecule has 0 N–H and O–H groups in total. The van der Waals surface area contributed by atoms with Crippen LogP contribution in [0.4, 0.5) is 0 Å². The quantitative estimate of drug-likeness (QED) is 0.0366. The summed E-state index contributed by atoms with van der Waals surface area (Å²) in [6.45, 7) is 11.2. The van der Waals surface area contributed by atoms with Crippen molar-refractivity contribution in [3.05, 3.63) is 0 Å². The molecular formula is C43H82O6. The van der Waals surface area contributed by atoms with E-state index in [0.29, 0.717) is 19.3 Å². The third-order valence-electron chi connectivity index (χ3n) is 9.47. The van der Waals surface area contributed by atoms with Crippen LogP contribution < -0.4 is 0 Å². The standard InChI is InChI=1S/C43H82O6/c1-6-7-8-9-10-11-12-13-14-17-23-28-33-41(44)47-36-40(37-48-42(45)34-29-24-20-19-22-27-32-39(4)5)49-43(46)35-30-25-18-15-16-21-26-31-38(2)3/h38-40H,6-37H2,1-5H3/t40-/m0/s1. The molecule has 0 saturated heterocycles. The zero-order valence-corrected chi connectivity index (χ0v) is 33.3. The molecule has 0 amide bonds. The molecule has 1 atom stereocenters. The van der Waals surface area contributed by atoms with Crippen molar-refractivity contribution < 1.29 is 28.6 Å². The van der Waals surface area contributed by atoms with Crippen molar-refractivity contribution >= 4 is 17.9 Å². The molecule has 0 aliphatic carbocycles. The number of ether oxygens (including phenoxy) is 3. The van der Waals surface area contributed by atoms with Gasteiger partial charge in [-0.15, -0.1) is 0 Å². The van der Waals surface area contributed by atoms with Crippen molar-refractivity contribution in [1.82, 2.24) is 0 Å². The first-order valence-corrected chi connectivity index (χ1v) is 21.2. The molecule has 0 heterocycles. The van der Waals surface area contributed by atoms with E-state index in [1.807, 2.05) is 0 Å². The van der Waals surface area contributed by atoms with Crippen LogP contribution in [0.3, 0.4) is 0 Å². The van der Waals surface area contributed by atoms with Crippen LogP contribution in [0.15, 0.2) is 0 Å². The van der Waals surface area contributed by atoms with Crippen molar-refractivity contribution in [2.75, 3.05) is 13.2 Å². The Morgan fingerprint density at radius 2 is 0.673 bits per heavy atom. The minimum atomic E-state index is -0.760. The predicted molar refractivity (Wildman–Crippen MR) is 206 cm³/mol. The summed E-state index contributed by atoms with van der Waals surface area (Å²) in [5.41, 5.74) is 0. The van der Waals surface area contributed by atoms with E-state index in [1.165, 1.54) is 116 Å². The summed E-state index contributed by atoms with van der Waals surface area (Å²) in [6, 6.07) is 0. The van der Waals surface area contributed by atoms with Crippen LogP contribution >= 0.6 is 0 Å². The average Bonchev–Trinajstić information content (AvgIpc) is 3.06. The van der Waals surface area contributed by atoms with Crippen molar-refractivity contribution in [3.8, 4) is 0 Å². The van der Waals surface area contributed by atoms with Gasteiger partial charge in [-0.2, -0.15) is 0 Å². The highest BCUT2D eigenvalue weighted by molar-refractivity contribution is 5.71. The number of rotatable bonds is 37. The molecule has 0 aromatic heterocycles. The Morgan fingerprint density at radius 1 is 0.388 bits per heavy atom. The van der Waals surface area contributed by atoms with Gasteiger partial charge in [0, 0.05) is 19.3 Å². The molecule has 0 bridgehead atoms. The van der Waals surface area contributed by atoms with Crippen LogP contribution in [-0.2, 0) is 28.6 Å². The Labute approximate surface area is 304 Å². The number of carbonyl (C=O) groups excluding carboxylic acids is 3. The number of hydrogen-bond donors (Lipinski definition) is 0. The van der Waals surface area contributed by atoms with Crippen LogP contribution in [0.1, 0.15) is 227 Å². The number of esters is 3. The van der Waals surface area contributed by atoms with Crippen LogP contribution in [0.5, 0.6) is 0 Å². The van der Waals surface area contributed by atoms with Crippen molar-refractivity contribution in [2.45, 2.75) is 233 Å². The van der Waals surface area contributed by atoms with E-state index in [0.717, 1.165) is 69.6 Å². The van der Waals surface area contributed by atoms with Gasteiger partial charge < -0.3 is 14.2 Å². The molecular weight excluding hydrogens is 612 g/mol. The largest absolute Gasteiger partial charge is 0.462 e. The lowest BCUT2D eigenvalue weighted by Crippen LogP contribution is -2.30. The van der Waals surface area contributed by atoms with Gasteiger partial charge in [0.25, 0.3) is 0 Å². The Balaban J connectivity index is 4.34. The first kappa shape index (κ1) is 47.4. The summed E-state index contributed by atoms with van der Waals surface area (Å²) in [6.07, 6.45) is 32.5. The van der Waals surface area contributed by atoms with Crippen LogP contribution in [-0.4, -0.2) is 37.2 Å². The summed E-state index contributed by atoms with van der Waals surface area (Å²) in [7, 11) is 0. The second-order valence-electron chi connectivity index (χ2n) is 15.6. The Bertz CT molecular complexity index is 749. The van der Waals surface area contributed by atoms with Crippen LogP contribution in [0.2, 0.25) is 0 Å². The van der Waals surface area contributed by atoms with E-state index in [1.54, 1.807) is 0 Å². The molecule has 0 saturated carbocycles. The summed E-state index contributed by atoms with van der Waals surface area (Å²) < 4.78 is 16.6. The van der Waals surface area contributed by atoms with E-state index in [2.05, 4.69) is 34.6 Å². The van der Waals surface area contributed by atoms with Gasteiger partial charge >= 0.3 is 17.9 Å². The zero-order valence-electron chi connectivity index (χ0n) is 33.3. The molecule has 0 aromatic rings. The molecule has 0 radical (unpaired) electrons. The smallest absolute Gasteiger partial charge is 0.306 e. The maximum absolute atomic E-state index is 12.6. The molecule has 49 heavy (non-hydrogen) atoms. The van der Waals surface area contributed by atoms with E-state index >= 15 is 0 Å². The first-order valence-electron chi connectivity index (χ1n) is 21.2. The van der Waals surface area contributed by atoms with Gasteiger partial charge in [0.05, 0.1) is 0 Å². The molecule has 6 heteroatoms. The topological polar surface area (TPSA) is 78.9 Å². The fourth-order valence-corrected chi connectivity index (χ4v) is 6.22. The fourth-order valence-electron chi connectivity index (χ4n) is 6.22. The molecule has 0 aliphatic rings. The summed E-state index contributed by atoms with van der Waals surface area (Å²) >= 11 is 0. The van der Waals surface area contributed by atoms with E-state index in [9.17, 15) is 14.4 Å². The predicted octanol–water partition coefficient (Wildman–Crippen LogP) is 13.0. The van der Waals surface area contributed by atoms with Gasteiger partial charge in [0.1, 0.15) is 13.2 Å². The van der Waals surface area contributed by atoms with Crippen molar-refractivity contribution in [1.29, 1.82) is 0 Å². The fraction of sp³-hybridized carbons (Fsp3) is 0.930. The first-order chi connectivity index (χ1) is 23.7. The average molecular weight is 695 g/mol. The molecule has 0 unspecified atom stereocenters. The Kier molecular flexibility index (Phi) is 35.0. The Hall–Kier alpha value is -1.59.